The molecule has 2 N–H and O–H groups in total. The Labute approximate surface area is 131 Å². The highest BCUT2D eigenvalue weighted by Gasteiger charge is 2.09. The summed E-state index contributed by atoms with van der Waals surface area (Å²) in [6.07, 6.45) is 0. The van der Waals surface area contributed by atoms with Gasteiger partial charge in [-0.3, -0.25) is 0 Å². The molecular weight excluding hydrogens is 272 g/mol. The normalized spacial score (nSPS) is 11.0. The first-order valence-electron chi connectivity index (χ1n) is 7.72. The minimum atomic E-state index is 0.572. The molecule has 0 atom stereocenters. The standard InChI is InChI=1S/C19H22N2O/c1-3-21-17(13-22-18-6-4-5-14(2)9-18)11-16-10-15(12-20)7-8-19(16)21/h4-11H,3,12-13,20H2,1-2H3. The van der Waals surface area contributed by atoms with E-state index in [1.807, 2.05) is 12.1 Å². The number of rotatable bonds is 5. The molecule has 0 saturated heterocycles. The van der Waals surface area contributed by atoms with E-state index in [9.17, 15) is 0 Å². The average Bonchev–Trinajstić information content (AvgIpc) is 2.89. The van der Waals surface area contributed by atoms with Crippen LogP contribution in [0.5, 0.6) is 5.75 Å². The minimum Gasteiger partial charge on any atom is -0.487 e. The maximum atomic E-state index is 5.96. The molecule has 3 heteroatoms. The van der Waals surface area contributed by atoms with E-state index in [0.29, 0.717) is 13.2 Å². The molecule has 114 valence electrons. The summed E-state index contributed by atoms with van der Waals surface area (Å²) in [5.41, 5.74) is 10.5. The largest absolute Gasteiger partial charge is 0.487 e. The minimum absolute atomic E-state index is 0.572. The summed E-state index contributed by atoms with van der Waals surface area (Å²) in [7, 11) is 0. The highest BCUT2D eigenvalue weighted by atomic mass is 16.5. The number of nitrogens with two attached hydrogens (primary N) is 1. The molecule has 0 bridgehead atoms. The summed E-state index contributed by atoms with van der Waals surface area (Å²) in [6, 6.07) is 16.8. The van der Waals surface area contributed by atoms with Gasteiger partial charge in [0.15, 0.2) is 0 Å². The van der Waals surface area contributed by atoms with Gasteiger partial charge in [0, 0.05) is 24.0 Å². The quantitative estimate of drug-likeness (QED) is 0.772. The third kappa shape index (κ3) is 2.85. The van der Waals surface area contributed by atoms with E-state index in [1.165, 1.54) is 22.2 Å². The first-order valence-corrected chi connectivity index (χ1v) is 7.72. The molecular formula is C19H22N2O. The van der Waals surface area contributed by atoms with Crippen LogP contribution in [0.4, 0.5) is 0 Å². The molecule has 0 fully saturated rings. The van der Waals surface area contributed by atoms with Crippen molar-refractivity contribution in [3.05, 3.63) is 65.4 Å². The van der Waals surface area contributed by atoms with Crippen LogP contribution in [0, 0.1) is 6.92 Å². The van der Waals surface area contributed by atoms with Gasteiger partial charge in [-0.1, -0.05) is 18.2 Å². The van der Waals surface area contributed by atoms with Crippen molar-refractivity contribution in [2.45, 2.75) is 33.5 Å². The van der Waals surface area contributed by atoms with E-state index in [2.05, 4.69) is 54.8 Å². The summed E-state index contributed by atoms with van der Waals surface area (Å²) in [4.78, 5) is 0. The second-order valence-corrected chi connectivity index (χ2v) is 5.58. The van der Waals surface area contributed by atoms with Gasteiger partial charge in [-0.2, -0.15) is 0 Å². The zero-order valence-corrected chi connectivity index (χ0v) is 13.2. The number of benzene rings is 2. The third-order valence-electron chi connectivity index (χ3n) is 3.98. The highest BCUT2D eigenvalue weighted by molar-refractivity contribution is 5.82. The van der Waals surface area contributed by atoms with Crippen LogP contribution in [0.2, 0.25) is 0 Å². The molecule has 3 nitrogen and oxygen atoms in total. The Balaban J connectivity index is 1.89. The second-order valence-electron chi connectivity index (χ2n) is 5.58. The number of aromatic nitrogens is 1. The van der Waals surface area contributed by atoms with E-state index in [1.54, 1.807) is 0 Å². The molecule has 0 radical (unpaired) electrons. The summed E-state index contributed by atoms with van der Waals surface area (Å²) in [6.45, 7) is 6.31. The number of fused-ring (bicyclic) bond motifs is 1. The fourth-order valence-electron chi connectivity index (χ4n) is 2.86. The molecule has 0 amide bonds. The van der Waals surface area contributed by atoms with Gasteiger partial charge in [0.2, 0.25) is 0 Å². The Hall–Kier alpha value is -2.26. The lowest BCUT2D eigenvalue weighted by Crippen LogP contribution is -2.04. The van der Waals surface area contributed by atoms with Crippen molar-refractivity contribution in [3.63, 3.8) is 0 Å². The molecule has 1 heterocycles. The SMILES string of the molecule is CCn1c(COc2cccc(C)c2)cc2cc(CN)ccc21. The van der Waals surface area contributed by atoms with Gasteiger partial charge < -0.3 is 15.0 Å². The molecule has 0 saturated carbocycles. The van der Waals surface area contributed by atoms with Gasteiger partial charge in [-0.15, -0.1) is 0 Å². The van der Waals surface area contributed by atoms with Crippen LogP contribution >= 0.6 is 0 Å². The predicted molar refractivity (Wildman–Crippen MR) is 91.0 cm³/mol. The molecule has 0 aliphatic carbocycles. The number of aryl methyl sites for hydroxylation is 2. The third-order valence-corrected chi connectivity index (χ3v) is 3.98. The van der Waals surface area contributed by atoms with Crippen LogP contribution in [0.15, 0.2) is 48.5 Å². The van der Waals surface area contributed by atoms with Crippen LogP contribution in [-0.4, -0.2) is 4.57 Å². The van der Waals surface area contributed by atoms with Gasteiger partial charge in [0.05, 0.1) is 5.69 Å². The van der Waals surface area contributed by atoms with E-state index in [0.717, 1.165) is 17.9 Å². The van der Waals surface area contributed by atoms with Gasteiger partial charge in [0.25, 0.3) is 0 Å². The van der Waals surface area contributed by atoms with Crippen molar-refractivity contribution in [3.8, 4) is 5.75 Å². The number of hydrogen-bond donors (Lipinski definition) is 1. The van der Waals surface area contributed by atoms with E-state index < -0.39 is 0 Å². The van der Waals surface area contributed by atoms with E-state index >= 15 is 0 Å². The molecule has 3 rings (SSSR count). The zero-order chi connectivity index (χ0) is 15.5. The fourth-order valence-corrected chi connectivity index (χ4v) is 2.86. The Morgan fingerprint density at radius 1 is 1.09 bits per heavy atom. The van der Waals surface area contributed by atoms with Crippen LogP contribution in [0.1, 0.15) is 23.7 Å². The average molecular weight is 294 g/mol. The highest BCUT2D eigenvalue weighted by Crippen LogP contribution is 2.23. The lowest BCUT2D eigenvalue weighted by molar-refractivity contribution is 0.296. The number of hydrogen-bond acceptors (Lipinski definition) is 2. The van der Waals surface area contributed by atoms with Crippen molar-refractivity contribution < 1.29 is 4.74 Å². The van der Waals surface area contributed by atoms with Crippen LogP contribution in [0.25, 0.3) is 10.9 Å². The van der Waals surface area contributed by atoms with Crippen molar-refractivity contribution in [1.82, 2.24) is 4.57 Å². The number of nitrogens with zero attached hydrogens (tertiary/aromatic N) is 1. The van der Waals surface area contributed by atoms with Crippen LogP contribution in [0.3, 0.4) is 0 Å². The smallest absolute Gasteiger partial charge is 0.128 e. The molecule has 0 aliphatic heterocycles. The van der Waals surface area contributed by atoms with Gasteiger partial charge in [0.1, 0.15) is 12.4 Å². The summed E-state index contributed by atoms with van der Waals surface area (Å²) < 4.78 is 8.25. The summed E-state index contributed by atoms with van der Waals surface area (Å²) in [5, 5.41) is 1.23. The first kappa shape index (κ1) is 14.7. The maximum Gasteiger partial charge on any atom is 0.128 e. The lowest BCUT2D eigenvalue weighted by atomic mass is 10.1. The van der Waals surface area contributed by atoms with Crippen molar-refractivity contribution in [2.24, 2.45) is 5.73 Å². The van der Waals surface area contributed by atoms with Crippen LogP contribution in [-0.2, 0) is 19.7 Å². The Bertz CT molecular complexity index is 789. The molecule has 3 aromatic rings. The van der Waals surface area contributed by atoms with Crippen molar-refractivity contribution >= 4 is 10.9 Å². The Morgan fingerprint density at radius 3 is 2.68 bits per heavy atom. The van der Waals surface area contributed by atoms with Gasteiger partial charge in [-0.25, -0.2) is 0 Å². The number of ether oxygens (including phenoxy) is 1. The maximum absolute atomic E-state index is 5.96. The Morgan fingerprint density at radius 2 is 1.95 bits per heavy atom. The zero-order valence-electron chi connectivity index (χ0n) is 13.2. The fraction of sp³-hybridized carbons (Fsp3) is 0.263. The van der Waals surface area contributed by atoms with Crippen molar-refractivity contribution in [2.75, 3.05) is 0 Å². The van der Waals surface area contributed by atoms with Gasteiger partial charge >= 0.3 is 0 Å². The molecule has 22 heavy (non-hydrogen) atoms. The lowest BCUT2D eigenvalue weighted by Gasteiger charge is -2.10. The second kappa shape index (κ2) is 6.24. The van der Waals surface area contributed by atoms with E-state index in [4.69, 9.17) is 10.5 Å². The van der Waals surface area contributed by atoms with E-state index in [-0.39, 0.29) is 0 Å². The molecule has 2 aromatic carbocycles. The van der Waals surface area contributed by atoms with Crippen molar-refractivity contribution in [1.29, 1.82) is 0 Å². The molecule has 0 spiro atoms. The summed E-state index contributed by atoms with van der Waals surface area (Å²) in [5.74, 6) is 0.913. The Kier molecular flexibility index (Phi) is 4.16. The molecule has 0 unspecified atom stereocenters. The first-order chi connectivity index (χ1) is 10.7. The summed E-state index contributed by atoms with van der Waals surface area (Å²) >= 11 is 0. The molecule has 1 aromatic heterocycles. The molecule has 0 aliphatic rings. The van der Waals surface area contributed by atoms with Gasteiger partial charge in [-0.05, 0) is 55.3 Å². The topological polar surface area (TPSA) is 40.2 Å². The predicted octanol–water partition coefficient (Wildman–Crippen LogP) is 4.01. The monoisotopic (exact) mass is 294 g/mol. The van der Waals surface area contributed by atoms with Crippen LogP contribution < -0.4 is 10.5 Å².